The second-order valence-electron chi connectivity index (χ2n) is 7.75. The molecule has 1 heterocycles. The number of carbonyl (C=O) groups excluding carboxylic acids is 1. The van der Waals surface area contributed by atoms with Gasteiger partial charge in [0.1, 0.15) is 11.0 Å². The molecule has 0 bridgehead atoms. The van der Waals surface area contributed by atoms with Gasteiger partial charge in [-0.2, -0.15) is 4.80 Å². The van der Waals surface area contributed by atoms with Crippen LogP contribution < -0.4 is 10.2 Å². The third-order valence-corrected chi connectivity index (χ3v) is 6.08. The van der Waals surface area contributed by atoms with Crippen LogP contribution in [0.15, 0.2) is 59.1 Å². The van der Waals surface area contributed by atoms with Crippen molar-refractivity contribution in [3.05, 3.63) is 75.8 Å². The second kappa shape index (κ2) is 9.12. The monoisotopic (exact) mass is 491 g/mol. The zero-order valence-corrected chi connectivity index (χ0v) is 20.3. The van der Waals surface area contributed by atoms with Gasteiger partial charge in [0, 0.05) is 34.5 Å². The largest absolute Gasteiger partial charge is 0.372 e. The number of benzene rings is 3. The molecule has 0 spiro atoms. The smallest absolute Gasteiger partial charge is 0.255 e. The average molecular weight is 492 g/mol. The predicted octanol–water partition coefficient (Wildman–Crippen LogP) is 5.90. The minimum atomic E-state index is -0.163. The van der Waals surface area contributed by atoms with Crippen LogP contribution in [0.5, 0.6) is 0 Å². The van der Waals surface area contributed by atoms with Gasteiger partial charge in [0.2, 0.25) is 0 Å². The summed E-state index contributed by atoms with van der Waals surface area (Å²) in [4.78, 5) is 16.7. The van der Waals surface area contributed by atoms with E-state index in [0.29, 0.717) is 5.56 Å². The molecule has 0 saturated heterocycles. The zero-order chi connectivity index (χ0) is 22.8. The summed E-state index contributed by atoms with van der Waals surface area (Å²) in [5.41, 5.74) is 7.00. The summed E-state index contributed by atoms with van der Waals surface area (Å²) in [7, 11) is 0. The Morgan fingerprint density at radius 2 is 1.69 bits per heavy atom. The van der Waals surface area contributed by atoms with Gasteiger partial charge in [-0.3, -0.25) is 4.79 Å². The Hall–Kier alpha value is -3.19. The molecule has 4 rings (SSSR count). The Labute approximate surface area is 196 Å². The van der Waals surface area contributed by atoms with Crippen LogP contribution in [-0.4, -0.2) is 34.0 Å². The van der Waals surface area contributed by atoms with E-state index >= 15 is 0 Å². The Morgan fingerprint density at radius 3 is 2.34 bits per heavy atom. The molecule has 0 atom stereocenters. The fourth-order valence-corrected chi connectivity index (χ4v) is 4.18. The van der Waals surface area contributed by atoms with Gasteiger partial charge in [0.15, 0.2) is 0 Å². The van der Waals surface area contributed by atoms with E-state index in [1.54, 1.807) is 16.9 Å². The van der Waals surface area contributed by atoms with Crippen LogP contribution in [0.25, 0.3) is 16.7 Å². The van der Waals surface area contributed by atoms with Crippen LogP contribution in [0.2, 0.25) is 0 Å². The minimum absolute atomic E-state index is 0.163. The van der Waals surface area contributed by atoms with E-state index < -0.39 is 0 Å². The highest BCUT2D eigenvalue weighted by Crippen LogP contribution is 2.25. The van der Waals surface area contributed by atoms with E-state index in [2.05, 4.69) is 75.3 Å². The molecule has 4 aromatic rings. The molecular formula is C25H26BrN5O. The molecule has 0 aliphatic rings. The van der Waals surface area contributed by atoms with Crippen LogP contribution in [0.3, 0.4) is 0 Å². The molecule has 0 radical (unpaired) electrons. The SMILES string of the molecule is CCN(CC)c1ccc(-n2nc3cc(C)c(NC(=O)c4cccc(Br)c4)cc3n2)c(C)c1. The highest BCUT2D eigenvalue weighted by atomic mass is 79.9. The van der Waals surface area contributed by atoms with E-state index in [0.717, 1.165) is 51.1 Å². The first-order valence-corrected chi connectivity index (χ1v) is 11.5. The maximum Gasteiger partial charge on any atom is 0.255 e. The third kappa shape index (κ3) is 4.39. The van der Waals surface area contributed by atoms with Crippen LogP contribution in [0.4, 0.5) is 11.4 Å². The Morgan fingerprint density at radius 1 is 0.969 bits per heavy atom. The lowest BCUT2D eigenvalue weighted by molar-refractivity contribution is 0.102. The molecule has 1 N–H and O–H groups in total. The molecule has 0 aliphatic carbocycles. The van der Waals surface area contributed by atoms with Crippen molar-refractivity contribution in [2.75, 3.05) is 23.3 Å². The normalized spacial score (nSPS) is 11.0. The number of hydrogen-bond acceptors (Lipinski definition) is 4. The number of hydrogen-bond donors (Lipinski definition) is 1. The highest BCUT2D eigenvalue weighted by molar-refractivity contribution is 9.10. The van der Waals surface area contributed by atoms with Crippen molar-refractivity contribution >= 4 is 44.2 Å². The van der Waals surface area contributed by atoms with Crippen molar-refractivity contribution in [1.82, 2.24) is 15.0 Å². The lowest BCUT2D eigenvalue weighted by atomic mass is 10.1. The molecular weight excluding hydrogens is 466 g/mol. The van der Waals surface area contributed by atoms with Crippen molar-refractivity contribution in [2.45, 2.75) is 27.7 Å². The number of amides is 1. The first-order valence-electron chi connectivity index (χ1n) is 10.7. The van der Waals surface area contributed by atoms with E-state index in [4.69, 9.17) is 0 Å². The topological polar surface area (TPSA) is 63.1 Å². The minimum Gasteiger partial charge on any atom is -0.372 e. The molecule has 0 unspecified atom stereocenters. The van der Waals surface area contributed by atoms with Crippen LogP contribution in [0.1, 0.15) is 35.3 Å². The average Bonchev–Trinajstić information content (AvgIpc) is 3.17. The Kier molecular flexibility index (Phi) is 6.28. The van der Waals surface area contributed by atoms with Crippen molar-refractivity contribution in [1.29, 1.82) is 0 Å². The van der Waals surface area contributed by atoms with Crippen LogP contribution >= 0.6 is 15.9 Å². The number of rotatable bonds is 6. The molecule has 0 fully saturated rings. The Balaban J connectivity index is 1.65. The molecule has 1 aromatic heterocycles. The number of carbonyl (C=O) groups is 1. The van der Waals surface area contributed by atoms with Crippen molar-refractivity contribution < 1.29 is 4.79 Å². The quantitative estimate of drug-likeness (QED) is 0.364. The summed E-state index contributed by atoms with van der Waals surface area (Å²) in [5.74, 6) is -0.163. The van der Waals surface area contributed by atoms with Gasteiger partial charge >= 0.3 is 0 Å². The summed E-state index contributed by atoms with van der Waals surface area (Å²) in [6.45, 7) is 10.3. The van der Waals surface area contributed by atoms with E-state index in [9.17, 15) is 4.79 Å². The summed E-state index contributed by atoms with van der Waals surface area (Å²) in [6.07, 6.45) is 0. The molecule has 7 heteroatoms. The van der Waals surface area contributed by atoms with Crippen molar-refractivity contribution in [2.24, 2.45) is 0 Å². The molecule has 1 amide bonds. The van der Waals surface area contributed by atoms with E-state index in [-0.39, 0.29) is 5.91 Å². The molecule has 3 aromatic carbocycles. The maximum absolute atomic E-state index is 12.7. The fraction of sp³-hybridized carbons (Fsp3) is 0.240. The van der Waals surface area contributed by atoms with E-state index in [1.807, 2.05) is 31.2 Å². The van der Waals surface area contributed by atoms with E-state index in [1.165, 1.54) is 5.69 Å². The number of nitrogens with one attached hydrogen (secondary N) is 1. The lowest BCUT2D eigenvalue weighted by Crippen LogP contribution is -2.21. The summed E-state index contributed by atoms with van der Waals surface area (Å²) < 4.78 is 0.864. The molecule has 6 nitrogen and oxygen atoms in total. The summed E-state index contributed by atoms with van der Waals surface area (Å²) >= 11 is 3.41. The molecule has 0 saturated carbocycles. The number of anilines is 2. The Bertz CT molecular complexity index is 1290. The van der Waals surface area contributed by atoms with Gasteiger partial charge in [-0.1, -0.05) is 22.0 Å². The van der Waals surface area contributed by atoms with Gasteiger partial charge in [0.25, 0.3) is 5.91 Å². The predicted molar refractivity (Wildman–Crippen MR) is 134 cm³/mol. The zero-order valence-electron chi connectivity index (χ0n) is 18.7. The standard InChI is InChI=1S/C25H26BrN5O/c1-5-30(6-2)20-10-11-24(17(4)12-20)31-28-22-13-16(3)21(15-23(22)29-31)27-25(32)18-8-7-9-19(26)14-18/h7-15H,5-6H2,1-4H3,(H,27,32). The van der Waals surface area contributed by atoms with Crippen molar-refractivity contribution in [3.8, 4) is 5.69 Å². The van der Waals surface area contributed by atoms with Gasteiger partial charge in [0.05, 0.1) is 5.69 Å². The second-order valence-corrected chi connectivity index (χ2v) is 8.67. The first kappa shape index (κ1) is 22.0. The third-order valence-electron chi connectivity index (χ3n) is 5.59. The molecule has 0 aliphatic heterocycles. The van der Waals surface area contributed by atoms with Gasteiger partial charge in [-0.15, -0.1) is 10.2 Å². The lowest BCUT2D eigenvalue weighted by Gasteiger charge is -2.22. The van der Waals surface area contributed by atoms with Gasteiger partial charge in [-0.05, 0) is 87.4 Å². The molecule has 32 heavy (non-hydrogen) atoms. The highest BCUT2D eigenvalue weighted by Gasteiger charge is 2.14. The molecule has 164 valence electrons. The fourth-order valence-electron chi connectivity index (χ4n) is 3.78. The van der Waals surface area contributed by atoms with Crippen molar-refractivity contribution in [3.63, 3.8) is 0 Å². The number of halogens is 1. The number of aryl methyl sites for hydroxylation is 2. The van der Waals surface area contributed by atoms with Gasteiger partial charge < -0.3 is 10.2 Å². The number of aromatic nitrogens is 3. The summed E-state index contributed by atoms with van der Waals surface area (Å²) in [6, 6.07) is 17.5. The summed E-state index contributed by atoms with van der Waals surface area (Å²) in [5, 5.41) is 12.4. The number of fused-ring (bicyclic) bond motifs is 1. The van der Waals surface area contributed by atoms with Crippen LogP contribution in [-0.2, 0) is 0 Å². The van der Waals surface area contributed by atoms with Crippen LogP contribution in [0, 0.1) is 13.8 Å². The first-order chi connectivity index (χ1) is 15.4. The maximum atomic E-state index is 12.7. The number of nitrogens with zero attached hydrogens (tertiary/aromatic N) is 4. The van der Waals surface area contributed by atoms with Gasteiger partial charge in [-0.25, -0.2) is 0 Å².